The van der Waals surface area contributed by atoms with Crippen molar-refractivity contribution in [2.45, 2.75) is 11.8 Å². The molecule has 2 aromatic carbocycles. The molecule has 116 valence electrons. The highest BCUT2D eigenvalue weighted by atomic mass is 32.2. The maximum absolute atomic E-state index is 12.6. The van der Waals surface area contributed by atoms with Crippen LogP contribution >= 0.6 is 0 Å². The first-order chi connectivity index (χ1) is 10.6. The van der Waals surface area contributed by atoms with E-state index in [9.17, 15) is 8.42 Å². The fourth-order valence-corrected chi connectivity index (χ4v) is 3.91. The minimum absolute atomic E-state index is 0.338. The van der Waals surface area contributed by atoms with Crippen LogP contribution in [-0.2, 0) is 14.8 Å². The highest BCUT2D eigenvalue weighted by Gasteiger charge is 2.26. The lowest BCUT2D eigenvalue weighted by Gasteiger charge is -2.26. The molecule has 0 amide bonds. The predicted octanol–water partition coefficient (Wildman–Crippen LogP) is 2.68. The van der Waals surface area contributed by atoms with Gasteiger partial charge in [0, 0.05) is 13.1 Å². The molecular formula is C17H19NO3S. The number of benzene rings is 2. The van der Waals surface area contributed by atoms with E-state index in [1.165, 1.54) is 9.87 Å². The predicted molar refractivity (Wildman–Crippen MR) is 86.2 cm³/mol. The van der Waals surface area contributed by atoms with Crippen LogP contribution in [0.5, 0.6) is 0 Å². The molecule has 1 aliphatic rings. The Kier molecular flexibility index (Phi) is 4.29. The van der Waals surface area contributed by atoms with Gasteiger partial charge in [-0.3, -0.25) is 0 Å². The quantitative estimate of drug-likeness (QED) is 0.874. The monoisotopic (exact) mass is 317 g/mol. The van der Waals surface area contributed by atoms with Gasteiger partial charge in [0.2, 0.25) is 10.0 Å². The van der Waals surface area contributed by atoms with Crippen molar-refractivity contribution in [3.8, 4) is 11.1 Å². The average molecular weight is 317 g/mol. The SMILES string of the molecule is Cc1ccc(-c2ccc(S(=O)(=O)N3CCOCC3)cc2)cc1. The fourth-order valence-electron chi connectivity index (χ4n) is 2.50. The summed E-state index contributed by atoms with van der Waals surface area (Å²) in [6.07, 6.45) is 0. The van der Waals surface area contributed by atoms with E-state index in [0.717, 1.165) is 11.1 Å². The van der Waals surface area contributed by atoms with Crippen molar-refractivity contribution in [2.75, 3.05) is 26.3 Å². The summed E-state index contributed by atoms with van der Waals surface area (Å²) in [5.41, 5.74) is 3.30. The van der Waals surface area contributed by atoms with Crippen molar-refractivity contribution in [3.63, 3.8) is 0 Å². The first-order valence-corrected chi connectivity index (χ1v) is 8.76. The minimum Gasteiger partial charge on any atom is -0.379 e. The molecule has 2 aromatic rings. The third kappa shape index (κ3) is 3.06. The van der Waals surface area contributed by atoms with Crippen molar-refractivity contribution in [2.24, 2.45) is 0 Å². The van der Waals surface area contributed by atoms with Gasteiger partial charge in [-0.05, 0) is 30.2 Å². The summed E-state index contributed by atoms with van der Waals surface area (Å²) in [7, 11) is -3.41. The molecule has 4 nitrogen and oxygen atoms in total. The van der Waals surface area contributed by atoms with Crippen molar-refractivity contribution < 1.29 is 13.2 Å². The van der Waals surface area contributed by atoms with Crippen LogP contribution in [0.2, 0.25) is 0 Å². The third-order valence-electron chi connectivity index (χ3n) is 3.85. The second-order valence-electron chi connectivity index (χ2n) is 5.41. The largest absolute Gasteiger partial charge is 0.379 e. The second-order valence-corrected chi connectivity index (χ2v) is 7.34. The Morgan fingerprint density at radius 3 is 1.91 bits per heavy atom. The van der Waals surface area contributed by atoms with Crippen LogP contribution in [0.3, 0.4) is 0 Å². The van der Waals surface area contributed by atoms with Gasteiger partial charge in [-0.1, -0.05) is 42.0 Å². The molecule has 0 aliphatic carbocycles. The standard InChI is InChI=1S/C17H19NO3S/c1-14-2-4-15(5-3-14)16-6-8-17(9-7-16)22(19,20)18-10-12-21-13-11-18/h2-9H,10-13H2,1H3. The summed E-state index contributed by atoms with van der Waals surface area (Å²) in [6, 6.07) is 15.3. The second kappa shape index (κ2) is 6.20. The number of hydrogen-bond acceptors (Lipinski definition) is 3. The molecule has 1 aliphatic heterocycles. The number of aryl methyl sites for hydroxylation is 1. The third-order valence-corrected chi connectivity index (χ3v) is 5.76. The van der Waals surface area contributed by atoms with Gasteiger partial charge in [0.1, 0.15) is 0 Å². The summed E-state index contributed by atoms with van der Waals surface area (Å²) in [6.45, 7) is 3.80. The van der Waals surface area contributed by atoms with E-state index in [0.29, 0.717) is 31.2 Å². The van der Waals surface area contributed by atoms with Crippen LogP contribution in [-0.4, -0.2) is 39.0 Å². The van der Waals surface area contributed by atoms with E-state index in [-0.39, 0.29) is 0 Å². The molecule has 1 heterocycles. The first-order valence-electron chi connectivity index (χ1n) is 7.32. The average Bonchev–Trinajstić information content (AvgIpc) is 2.56. The molecule has 3 rings (SSSR count). The minimum atomic E-state index is -3.41. The number of nitrogens with zero attached hydrogens (tertiary/aromatic N) is 1. The summed E-state index contributed by atoms with van der Waals surface area (Å²) in [5.74, 6) is 0. The zero-order chi connectivity index (χ0) is 15.6. The lowest BCUT2D eigenvalue weighted by Crippen LogP contribution is -2.40. The molecule has 22 heavy (non-hydrogen) atoms. The molecule has 0 saturated carbocycles. The molecule has 5 heteroatoms. The van der Waals surface area contributed by atoms with Gasteiger partial charge in [-0.25, -0.2) is 8.42 Å². The molecule has 0 radical (unpaired) electrons. The molecule has 0 atom stereocenters. The molecule has 0 N–H and O–H groups in total. The normalized spacial score (nSPS) is 16.6. The molecule has 1 saturated heterocycles. The number of hydrogen-bond donors (Lipinski definition) is 0. The van der Waals surface area contributed by atoms with E-state index < -0.39 is 10.0 Å². The van der Waals surface area contributed by atoms with E-state index in [1.807, 2.05) is 43.3 Å². The molecule has 0 unspecified atom stereocenters. The molecule has 1 fully saturated rings. The highest BCUT2D eigenvalue weighted by Crippen LogP contribution is 2.23. The first kappa shape index (κ1) is 15.2. The Balaban J connectivity index is 1.86. The van der Waals surface area contributed by atoms with Gasteiger partial charge in [-0.15, -0.1) is 0 Å². The van der Waals surface area contributed by atoms with Crippen molar-refractivity contribution >= 4 is 10.0 Å². The Morgan fingerprint density at radius 1 is 0.864 bits per heavy atom. The summed E-state index contributed by atoms with van der Waals surface area (Å²) in [5, 5.41) is 0. The van der Waals surface area contributed by atoms with Crippen LogP contribution in [0.15, 0.2) is 53.4 Å². The summed E-state index contributed by atoms with van der Waals surface area (Å²) < 4.78 is 31.8. The van der Waals surface area contributed by atoms with Gasteiger partial charge in [0.25, 0.3) is 0 Å². The number of morpholine rings is 1. The lowest BCUT2D eigenvalue weighted by molar-refractivity contribution is 0.0730. The van der Waals surface area contributed by atoms with Gasteiger partial charge in [0.05, 0.1) is 18.1 Å². The van der Waals surface area contributed by atoms with E-state index >= 15 is 0 Å². The van der Waals surface area contributed by atoms with Crippen molar-refractivity contribution in [3.05, 3.63) is 54.1 Å². The Bertz CT molecular complexity index is 730. The van der Waals surface area contributed by atoms with Gasteiger partial charge >= 0.3 is 0 Å². The maximum atomic E-state index is 12.6. The zero-order valence-corrected chi connectivity index (χ0v) is 13.3. The van der Waals surface area contributed by atoms with Gasteiger partial charge < -0.3 is 4.74 Å². The van der Waals surface area contributed by atoms with Crippen LogP contribution in [0.25, 0.3) is 11.1 Å². The highest BCUT2D eigenvalue weighted by molar-refractivity contribution is 7.89. The van der Waals surface area contributed by atoms with Crippen molar-refractivity contribution in [1.82, 2.24) is 4.31 Å². The fraction of sp³-hybridized carbons (Fsp3) is 0.294. The Hall–Kier alpha value is -1.69. The van der Waals surface area contributed by atoms with E-state index in [2.05, 4.69) is 0 Å². The molecule has 0 aromatic heterocycles. The molecule has 0 bridgehead atoms. The molecule has 0 spiro atoms. The molecular weight excluding hydrogens is 298 g/mol. The van der Waals surface area contributed by atoms with Crippen molar-refractivity contribution in [1.29, 1.82) is 0 Å². The topological polar surface area (TPSA) is 46.6 Å². The van der Waals surface area contributed by atoms with E-state index in [4.69, 9.17) is 4.74 Å². The van der Waals surface area contributed by atoms with Gasteiger partial charge in [0.15, 0.2) is 0 Å². The number of rotatable bonds is 3. The van der Waals surface area contributed by atoms with Crippen LogP contribution < -0.4 is 0 Å². The van der Waals surface area contributed by atoms with Crippen LogP contribution in [0.4, 0.5) is 0 Å². The smallest absolute Gasteiger partial charge is 0.243 e. The lowest BCUT2D eigenvalue weighted by atomic mass is 10.0. The number of ether oxygens (including phenoxy) is 1. The summed E-state index contributed by atoms with van der Waals surface area (Å²) in [4.78, 5) is 0.338. The maximum Gasteiger partial charge on any atom is 0.243 e. The van der Waals surface area contributed by atoms with Crippen LogP contribution in [0.1, 0.15) is 5.56 Å². The van der Waals surface area contributed by atoms with E-state index in [1.54, 1.807) is 12.1 Å². The Labute approximate surface area is 131 Å². The Morgan fingerprint density at radius 2 is 1.36 bits per heavy atom. The number of sulfonamides is 1. The summed E-state index contributed by atoms with van der Waals surface area (Å²) >= 11 is 0. The zero-order valence-electron chi connectivity index (χ0n) is 12.5. The van der Waals surface area contributed by atoms with Crippen LogP contribution in [0, 0.1) is 6.92 Å². The van der Waals surface area contributed by atoms with Gasteiger partial charge in [-0.2, -0.15) is 4.31 Å².